The monoisotopic (exact) mass is 312 g/mol. The smallest absolute Gasteiger partial charge is 0.221 e. The van der Waals surface area contributed by atoms with Crippen molar-refractivity contribution in [1.29, 1.82) is 0 Å². The molecule has 4 heteroatoms. The maximum atomic E-state index is 12.3. The maximum absolute atomic E-state index is 12.3. The number of nitrogens with one attached hydrogen (secondary N) is 1. The van der Waals surface area contributed by atoms with Crippen molar-refractivity contribution in [3.63, 3.8) is 0 Å². The van der Waals surface area contributed by atoms with Gasteiger partial charge in [-0.2, -0.15) is 0 Å². The van der Waals surface area contributed by atoms with Crippen LogP contribution in [0.4, 0.5) is 0 Å². The number of nitrogens with zero attached hydrogens (tertiary/aromatic N) is 1. The van der Waals surface area contributed by atoms with Crippen LogP contribution in [0.3, 0.4) is 0 Å². The van der Waals surface area contributed by atoms with Gasteiger partial charge in [-0.1, -0.05) is 24.3 Å². The minimum Gasteiger partial charge on any atom is -0.496 e. The Kier molecular flexibility index (Phi) is 5.37. The summed E-state index contributed by atoms with van der Waals surface area (Å²) < 4.78 is 5.32. The minimum atomic E-state index is -0.446. The lowest BCUT2D eigenvalue weighted by Gasteiger charge is -2.26. The summed E-state index contributed by atoms with van der Waals surface area (Å²) in [4.78, 5) is 16.6. The maximum Gasteiger partial charge on any atom is 0.221 e. The summed E-state index contributed by atoms with van der Waals surface area (Å²) in [5.41, 5.74) is 2.55. The van der Waals surface area contributed by atoms with Crippen LogP contribution in [0.15, 0.2) is 42.6 Å². The third-order valence-corrected chi connectivity index (χ3v) is 3.90. The second kappa shape index (κ2) is 7.27. The number of hydrogen-bond acceptors (Lipinski definition) is 3. The number of pyridine rings is 1. The first-order chi connectivity index (χ1) is 10.9. The van der Waals surface area contributed by atoms with Crippen LogP contribution in [0, 0.1) is 6.92 Å². The molecule has 1 heterocycles. The van der Waals surface area contributed by atoms with Gasteiger partial charge in [0.25, 0.3) is 0 Å². The quantitative estimate of drug-likeness (QED) is 0.889. The first-order valence-corrected chi connectivity index (χ1v) is 7.78. The molecule has 0 aliphatic heterocycles. The highest BCUT2D eigenvalue weighted by molar-refractivity contribution is 5.77. The molecule has 1 aromatic heterocycles. The SMILES string of the molecule is COc1ccccc1CCC(=O)NC(C)(C)c1ccc(C)nc1. The summed E-state index contributed by atoms with van der Waals surface area (Å²) in [5.74, 6) is 0.837. The Morgan fingerprint density at radius 3 is 2.61 bits per heavy atom. The van der Waals surface area contributed by atoms with Crippen molar-refractivity contribution in [2.45, 2.75) is 39.2 Å². The van der Waals surface area contributed by atoms with Gasteiger partial charge in [0.2, 0.25) is 5.91 Å². The van der Waals surface area contributed by atoms with Gasteiger partial charge in [0.1, 0.15) is 5.75 Å². The number of methoxy groups -OCH3 is 1. The van der Waals surface area contributed by atoms with E-state index in [2.05, 4.69) is 10.3 Å². The molecule has 1 N–H and O–H groups in total. The molecule has 0 fully saturated rings. The second-order valence-electron chi connectivity index (χ2n) is 6.17. The highest BCUT2D eigenvalue weighted by Crippen LogP contribution is 2.21. The summed E-state index contributed by atoms with van der Waals surface area (Å²) in [6.45, 7) is 5.92. The molecule has 4 nitrogen and oxygen atoms in total. The third-order valence-electron chi connectivity index (χ3n) is 3.90. The van der Waals surface area contributed by atoms with Gasteiger partial charge < -0.3 is 10.1 Å². The number of para-hydroxylation sites is 1. The lowest BCUT2D eigenvalue weighted by molar-refractivity contribution is -0.122. The van der Waals surface area contributed by atoms with Gasteiger partial charge in [0.05, 0.1) is 12.6 Å². The van der Waals surface area contributed by atoms with Gasteiger partial charge in [-0.25, -0.2) is 0 Å². The van der Waals surface area contributed by atoms with Crippen molar-refractivity contribution in [3.8, 4) is 5.75 Å². The summed E-state index contributed by atoms with van der Waals surface area (Å²) in [6.07, 6.45) is 2.89. The van der Waals surface area contributed by atoms with E-state index in [-0.39, 0.29) is 5.91 Å². The van der Waals surface area contributed by atoms with Crippen LogP contribution in [-0.2, 0) is 16.8 Å². The lowest BCUT2D eigenvalue weighted by Crippen LogP contribution is -2.41. The number of aryl methyl sites for hydroxylation is 2. The Bertz CT molecular complexity index is 663. The standard InChI is InChI=1S/C19H24N2O2/c1-14-9-11-16(13-20-14)19(2,3)21-18(22)12-10-15-7-5-6-8-17(15)23-4/h5-9,11,13H,10,12H2,1-4H3,(H,21,22). The molecule has 0 aliphatic rings. The molecule has 122 valence electrons. The Morgan fingerprint density at radius 1 is 1.22 bits per heavy atom. The number of aromatic nitrogens is 1. The summed E-state index contributed by atoms with van der Waals surface area (Å²) in [7, 11) is 1.65. The molecule has 23 heavy (non-hydrogen) atoms. The van der Waals surface area contributed by atoms with E-state index < -0.39 is 5.54 Å². The summed E-state index contributed by atoms with van der Waals surface area (Å²) in [5, 5.41) is 3.08. The molecule has 0 unspecified atom stereocenters. The largest absolute Gasteiger partial charge is 0.496 e. The Hall–Kier alpha value is -2.36. The molecule has 2 aromatic rings. The normalized spacial score (nSPS) is 11.1. The molecule has 0 aliphatic carbocycles. The molecular formula is C19H24N2O2. The topological polar surface area (TPSA) is 51.2 Å². The van der Waals surface area contributed by atoms with Crippen LogP contribution in [0.2, 0.25) is 0 Å². The van der Waals surface area contributed by atoms with E-state index in [4.69, 9.17) is 4.74 Å². The predicted octanol–water partition coefficient (Wildman–Crippen LogP) is 3.38. The van der Waals surface area contributed by atoms with E-state index in [1.165, 1.54) is 0 Å². The zero-order chi connectivity index (χ0) is 16.9. The molecule has 0 spiro atoms. The zero-order valence-corrected chi connectivity index (χ0v) is 14.2. The van der Waals surface area contributed by atoms with Crippen molar-refractivity contribution >= 4 is 5.91 Å². The van der Waals surface area contributed by atoms with Crippen LogP contribution < -0.4 is 10.1 Å². The van der Waals surface area contributed by atoms with E-state index in [1.807, 2.05) is 63.4 Å². The van der Waals surface area contributed by atoms with Crippen LogP contribution in [0.25, 0.3) is 0 Å². The van der Waals surface area contributed by atoms with Gasteiger partial charge in [-0.15, -0.1) is 0 Å². The lowest BCUT2D eigenvalue weighted by atomic mass is 9.95. The van der Waals surface area contributed by atoms with Gasteiger partial charge in [-0.05, 0) is 50.5 Å². The van der Waals surface area contributed by atoms with Crippen molar-refractivity contribution < 1.29 is 9.53 Å². The Morgan fingerprint density at radius 2 is 1.96 bits per heavy atom. The van der Waals surface area contributed by atoms with Crippen LogP contribution >= 0.6 is 0 Å². The summed E-state index contributed by atoms with van der Waals surface area (Å²) >= 11 is 0. The number of amides is 1. The number of hydrogen-bond donors (Lipinski definition) is 1. The second-order valence-corrected chi connectivity index (χ2v) is 6.17. The van der Waals surface area contributed by atoms with Crippen molar-refractivity contribution in [3.05, 3.63) is 59.4 Å². The van der Waals surface area contributed by atoms with Crippen molar-refractivity contribution in [2.75, 3.05) is 7.11 Å². The minimum absolute atomic E-state index is 0.0153. The predicted molar refractivity (Wildman–Crippen MR) is 91.5 cm³/mol. The number of carbonyl (C=O) groups excluding carboxylic acids is 1. The molecule has 0 bridgehead atoms. The fourth-order valence-electron chi connectivity index (χ4n) is 2.48. The van der Waals surface area contributed by atoms with E-state index >= 15 is 0 Å². The molecule has 1 amide bonds. The molecule has 0 radical (unpaired) electrons. The van der Waals surface area contributed by atoms with E-state index in [9.17, 15) is 4.79 Å². The molecule has 0 atom stereocenters. The molecule has 1 aromatic carbocycles. The first-order valence-electron chi connectivity index (χ1n) is 7.78. The molecular weight excluding hydrogens is 288 g/mol. The van der Waals surface area contributed by atoms with E-state index in [0.717, 1.165) is 22.6 Å². The number of rotatable bonds is 6. The van der Waals surface area contributed by atoms with Crippen LogP contribution in [0.1, 0.15) is 37.1 Å². The van der Waals surface area contributed by atoms with Gasteiger partial charge in [-0.3, -0.25) is 9.78 Å². The summed E-state index contributed by atoms with van der Waals surface area (Å²) in [6, 6.07) is 11.7. The Labute approximate surface area is 137 Å². The van der Waals surface area contributed by atoms with E-state index in [1.54, 1.807) is 7.11 Å². The average molecular weight is 312 g/mol. The van der Waals surface area contributed by atoms with Crippen LogP contribution in [0.5, 0.6) is 5.75 Å². The van der Waals surface area contributed by atoms with Gasteiger partial charge in [0.15, 0.2) is 0 Å². The third kappa shape index (κ3) is 4.55. The van der Waals surface area contributed by atoms with Crippen LogP contribution in [-0.4, -0.2) is 18.0 Å². The van der Waals surface area contributed by atoms with Crippen molar-refractivity contribution in [1.82, 2.24) is 10.3 Å². The van der Waals surface area contributed by atoms with Gasteiger partial charge in [0, 0.05) is 18.3 Å². The fraction of sp³-hybridized carbons (Fsp3) is 0.368. The highest BCUT2D eigenvalue weighted by atomic mass is 16.5. The van der Waals surface area contributed by atoms with E-state index in [0.29, 0.717) is 12.8 Å². The number of carbonyl (C=O) groups is 1. The fourth-order valence-corrected chi connectivity index (χ4v) is 2.48. The average Bonchev–Trinajstić information content (AvgIpc) is 2.53. The number of benzene rings is 1. The molecule has 2 rings (SSSR count). The Balaban J connectivity index is 1.97. The first kappa shape index (κ1) is 17.0. The van der Waals surface area contributed by atoms with Crippen molar-refractivity contribution in [2.24, 2.45) is 0 Å². The zero-order valence-electron chi connectivity index (χ0n) is 14.2. The molecule has 0 saturated heterocycles. The highest BCUT2D eigenvalue weighted by Gasteiger charge is 2.23. The molecule has 0 saturated carbocycles. The van der Waals surface area contributed by atoms with Gasteiger partial charge >= 0.3 is 0 Å². The number of ether oxygens (including phenoxy) is 1.